The Labute approximate surface area is 103 Å². The summed E-state index contributed by atoms with van der Waals surface area (Å²) >= 11 is 1.97. The van der Waals surface area contributed by atoms with Gasteiger partial charge in [-0.15, -0.1) is 0 Å². The predicted molar refractivity (Wildman–Crippen MR) is 70.6 cm³/mol. The van der Waals surface area contributed by atoms with Crippen LogP contribution in [-0.4, -0.2) is 30.0 Å². The monoisotopic (exact) mass is 244 g/mol. The summed E-state index contributed by atoms with van der Waals surface area (Å²) in [6, 6.07) is -0.138. The van der Waals surface area contributed by atoms with E-state index in [1.807, 2.05) is 18.7 Å². The quantitative estimate of drug-likeness (QED) is 0.640. The molecule has 3 N–H and O–H groups in total. The van der Waals surface area contributed by atoms with Gasteiger partial charge in [0.05, 0.1) is 6.04 Å². The van der Waals surface area contributed by atoms with Gasteiger partial charge in [0.15, 0.2) is 0 Å². The number of nitrogens with one attached hydrogen (secondary N) is 1. The zero-order valence-corrected chi connectivity index (χ0v) is 11.0. The number of thioether (sulfide) groups is 1. The van der Waals surface area contributed by atoms with Crippen molar-refractivity contribution in [3.8, 4) is 0 Å². The fourth-order valence-corrected chi connectivity index (χ4v) is 3.46. The summed E-state index contributed by atoms with van der Waals surface area (Å²) in [5.41, 5.74) is 5.32. The van der Waals surface area contributed by atoms with E-state index in [0.29, 0.717) is 0 Å². The van der Waals surface area contributed by atoms with Crippen LogP contribution in [0.3, 0.4) is 0 Å². The van der Waals surface area contributed by atoms with Gasteiger partial charge < -0.3 is 11.1 Å². The standard InChI is InChI=1S/C12H24N2OS/c1-2-14-11(12(13)15)7-8-16-9-10-5-3-4-6-10/h10-11,14H,2-9H2,1H3,(H2,13,15). The lowest BCUT2D eigenvalue weighted by Gasteiger charge is -2.14. The molecule has 0 spiro atoms. The molecule has 0 saturated heterocycles. The van der Waals surface area contributed by atoms with Crippen LogP contribution in [-0.2, 0) is 4.79 Å². The van der Waals surface area contributed by atoms with Gasteiger partial charge in [0, 0.05) is 0 Å². The van der Waals surface area contributed by atoms with Crippen LogP contribution < -0.4 is 11.1 Å². The van der Waals surface area contributed by atoms with E-state index in [1.54, 1.807) is 0 Å². The van der Waals surface area contributed by atoms with Gasteiger partial charge in [-0.25, -0.2) is 0 Å². The summed E-state index contributed by atoms with van der Waals surface area (Å²) in [7, 11) is 0. The van der Waals surface area contributed by atoms with Crippen molar-refractivity contribution < 1.29 is 4.79 Å². The van der Waals surface area contributed by atoms with Crippen molar-refractivity contribution in [1.29, 1.82) is 0 Å². The maximum absolute atomic E-state index is 11.1. The zero-order valence-electron chi connectivity index (χ0n) is 10.2. The molecule has 0 aromatic rings. The first kappa shape index (κ1) is 13.8. The molecule has 1 atom stereocenters. The third-order valence-electron chi connectivity index (χ3n) is 3.17. The number of amides is 1. The minimum atomic E-state index is -0.219. The summed E-state index contributed by atoms with van der Waals surface area (Å²) in [5.74, 6) is 3.01. The lowest BCUT2D eigenvalue weighted by molar-refractivity contribution is -0.120. The van der Waals surface area contributed by atoms with Crippen LogP contribution in [0.5, 0.6) is 0 Å². The van der Waals surface area contributed by atoms with Crippen molar-refractivity contribution in [2.24, 2.45) is 11.7 Å². The molecule has 0 heterocycles. The van der Waals surface area contributed by atoms with Crippen LogP contribution in [0.1, 0.15) is 39.0 Å². The molecule has 16 heavy (non-hydrogen) atoms. The van der Waals surface area contributed by atoms with Crippen LogP contribution in [0.15, 0.2) is 0 Å². The largest absolute Gasteiger partial charge is 0.368 e. The van der Waals surface area contributed by atoms with E-state index < -0.39 is 0 Å². The van der Waals surface area contributed by atoms with Gasteiger partial charge in [0.1, 0.15) is 0 Å². The van der Waals surface area contributed by atoms with E-state index in [1.165, 1.54) is 31.4 Å². The van der Waals surface area contributed by atoms with Crippen molar-refractivity contribution in [1.82, 2.24) is 5.32 Å². The number of rotatable bonds is 8. The van der Waals surface area contributed by atoms with E-state index in [-0.39, 0.29) is 11.9 Å². The molecule has 1 fully saturated rings. The smallest absolute Gasteiger partial charge is 0.234 e. The van der Waals surface area contributed by atoms with Crippen molar-refractivity contribution >= 4 is 17.7 Å². The molecular formula is C12H24N2OS. The maximum Gasteiger partial charge on any atom is 0.234 e. The molecule has 94 valence electrons. The molecule has 0 radical (unpaired) electrons. The van der Waals surface area contributed by atoms with Crippen LogP contribution in [0.25, 0.3) is 0 Å². The SMILES string of the molecule is CCNC(CCSCC1CCCC1)C(N)=O. The first-order chi connectivity index (χ1) is 7.74. The molecule has 0 aromatic carbocycles. The molecular weight excluding hydrogens is 220 g/mol. The molecule has 4 heteroatoms. The number of likely N-dealkylation sites (N-methyl/N-ethyl adjacent to an activating group) is 1. The second-order valence-electron chi connectivity index (χ2n) is 4.53. The Morgan fingerprint density at radius 3 is 2.75 bits per heavy atom. The number of hydrogen-bond acceptors (Lipinski definition) is 3. The predicted octanol–water partition coefficient (Wildman–Crippen LogP) is 1.76. The normalized spacial score (nSPS) is 18.8. The molecule has 0 aliphatic heterocycles. The van der Waals surface area contributed by atoms with Gasteiger partial charge in [-0.3, -0.25) is 4.79 Å². The summed E-state index contributed by atoms with van der Waals surface area (Å²) in [6.07, 6.45) is 6.48. The Morgan fingerprint density at radius 1 is 1.50 bits per heavy atom. The Balaban J connectivity index is 2.05. The van der Waals surface area contributed by atoms with Gasteiger partial charge in [0.25, 0.3) is 0 Å². The minimum absolute atomic E-state index is 0.138. The first-order valence-electron chi connectivity index (χ1n) is 6.34. The minimum Gasteiger partial charge on any atom is -0.368 e. The molecule has 1 rings (SSSR count). The topological polar surface area (TPSA) is 55.1 Å². The summed E-state index contributed by atoms with van der Waals surface area (Å²) in [6.45, 7) is 2.81. The molecule has 1 unspecified atom stereocenters. The van der Waals surface area contributed by atoms with Gasteiger partial charge in [-0.1, -0.05) is 19.8 Å². The first-order valence-corrected chi connectivity index (χ1v) is 7.50. The Kier molecular flexibility index (Phi) is 6.88. The Bertz CT molecular complexity index is 205. The molecule has 1 saturated carbocycles. The highest BCUT2D eigenvalue weighted by Crippen LogP contribution is 2.28. The molecule has 1 aliphatic carbocycles. The molecule has 0 bridgehead atoms. The summed E-state index contributed by atoms with van der Waals surface area (Å²) in [4.78, 5) is 11.1. The van der Waals surface area contributed by atoms with E-state index >= 15 is 0 Å². The Hall–Kier alpha value is -0.220. The van der Waals surface area contributed by atoms with Gasteiger partial charge >= 0.3 is 0 Å². The molecule has 1 aliphatic rings. The van der Waals surface area contributed by atoms with E-state index in [4.69, 9.17) is 5.73 Å². The fourth-order valence-electron chi connectivity index (χ4n) is 2.22. The van der Waals surface area contributed by atoms with Gasteiger partial charge in [-0.2, -0.15) is 11.8 Å². The second kappa shape index (κ2) is 7.96. The van der Waals surface area contributed by atoms with Crippen LogP contribution >= 0.6 is 11.8 Å². The zero-order chi connectivity index (χ0) is 11.8. The highest BCUT2D eigenvalue weighted by Gasteiger charge is 2.16. The number of nitrogens with two attached hydrogens (primary N) is 1. The molecule has 0 aromatic heterocycles. The lowest BCUT2D eigenvalue weighted by Crippen LogP contribution is -2.41. The van der Waals surface area contributed by atoms with Crippen LogP contribution in [0, 0.1) is 5.92 Å². The summed E-state index contributed by atoms with van der Waals surface area (Å²) < 4.78 is 0. The third-order valence-corrected chi connectivity index (χ3v) is 4.40. The van der Waals surface area contributed by atoms with Crippen LogP contribution in [0.2, 0.25) is 0 Å². The van der Waals surface area contributed by atoms with E-state index in [2.05, 4.69) is 5.32 Å². The highest BCUT2D eigenvalue weighted by atomic mass is 32.2. The highest BCUT2D eigenvalue weighted by molar-refractivity contribution is 7.99. The average molecular weight is 244 g/mol. The van der Waals surface area contributed by atoms with E-state index in [9.17, 15) is 4.79 Å². The van der Waals surface area contributed by atoms with Crippen molar-refractivity contribution in [3.63, 3.8) is 0 Å². The number of carbonyl (C=O) groups is 1. The van der Waals surface area contributed by atoms with Gasteiger partial charge in [-0.05, 0) is 43.2 Å². The van der Waals surface area contributed by atoms with E-state index in [0.717, 1.165) is 24.6 Å². The number of hydrogen-bond donors (Lipinski definition) is 2. The number of carbonyl (C=O) groups excluding carboxylic acids is 1. The van der Waals surface area contributed by atoms with Crippen molar-refractivity contribution in [2.45, 2.75) is 45.1 Å². The van der Waals surface area contributed by atoms with Gasteiger partial charge in [0.2, 0.25) is 5.91 Å². The fraction of sp³-hybridized carbons (Fsp3) is 0.917. The maximum atomic E-state index is 11.1. The van der Waals surface area contributed by atoms with Crippen LogP contribution in [0.4, 0.5) is 0 Å². The van der Waals surface area contributed by atoms with Crippen molar-refractivity contribution in [2.75, 3.05) is 18.1 Å². The third kappa shape index (κ3) is 5.21. The average Bonchev–Trinajstić information content (AvgIpc) is 2.75. The second-order valence-corrected chi connectivity index (χ2v) is 5.68. The summed E-state index contributed by atoms with van der Waals surface area (Å²) in [5, 5.41) is 3.12. The Morgan fingerprint density at radius 2 is 2.19 bits per heavy atom. The molecule has 3 nitrogen and oxygen atoms in total. The lowest BCUT2D eigenvalue weighted by atomic mass is 10.1. The van der Waals surface area contributed by atoms with Crippen molar-refractivity contribution in [3.05, 3.63) is 0 Å². The number of primary amides is 1. The molecule has 1 amide bonds.